The number of hydrogen-bond donors (Lipinski definition) is 1. The SMILES string of the molecule is O=C(CN1CCOCC1)Nc1nnc(C2CC2)s1. The third-order valence-electron chi connectivity index (χ3n) is 3.08. The zero-order chi connectivity index (χ0) is 12.4. The maximum atomic E-state index is 11.8. The lowest BCUT2D eigenvalue weighted by Gasteiger charge is -2.25. The van der Waals surface area contributed by atoms with Gasteiger partial charge in [-0.2, -0.15) is 0 Å². The van der Waals surface area contributed by atoms with Crippen LogP contribution in [0.2, 0.25) is 0 Å². The molecule has 18 heavy (non-hydrogen) atoms. The van der Waals surface area contributed by atoms with Crippen molar-refractivity contribution in [3.8, 4) is 0 Å². The fourth-order valence-corrected chi connectivity index (χ4v) is 2.83. The first kappa shape index (κ1) is 12.0. The summed E-state index contributed by atoms with van der Waals surface area (Å²) in [7, 11) is 0. The molecule has 2 fully saturated rings. The molecule has 7 heteroatoms. The third-order valence-corrected chi connectivity index (χ3v) is 4.09. The molecule has 1 saturated heterocycles. The summed E-state index contributed by atoms with van der Waals surface area (Å²) in [4.78, 5) is 13.9. The lowest BCUT2D eigenvalue weighted by atomic mass is 10.4. The Balaban J connectivity index is 1.49. The summed E-state index contributed by atoms with van der Waals surface area (Å²) >= 11 is 1.50. The molecule has 2 heterocycles. The highest BCUT2D eigenvalue weighted by Crippen LogP contribution is 2.41. The first-order chi connectivity index (χ1) is 8.81. The molecule has 1 amide bonds. The van der Waals surface area contributed by atoms with Gasteiger partial charge in [0.2, 0.25) is 11.0 Å². The molecule has 2 aliphatic rings. The van der Waals surface area contributed by atoms with Gasteiger partial charge in [-0.05, 0) is 12.8 Å². The van der Waals surface area contributed by atoms with Crippen LogP contribution in [0.1, 0.15) is 23.8 Å². The maximum Gasteiger partial charge on any atom is 0.240 e. The van der Waals surface area contributed by atoms with Crippen LogP contribution in [-0.2, 0) is 9.53 Å². The average molecular weight is 268 g/mol. The van der Waals surface area contributed by atoms with Crippen LogP contribution in [0.15, 0.2) is 0 Å². The Morgan fingerprint density at radius 2 is 2.17 bits per heavy atom. The van der Waals surface area contributed by atoms with Crippen molar-refractivity contribution < 1.29 is 9.53 Å². The first-order valence-electron chi connectivity index (χ1n) is 6.24. The van der Waals surface area contributed by atoms with E-state index in [0.29, 0.717) is 30.8 Å². The van der Waals surface area contributed by atoms with Gasteiger partial charge in [0.05, 0.1) is 19.8 Å². The van der Waals surface area contributed by atoms with Crippen LogP contribution < -0.4 is 5.32 Å². The fraction of sp³-hybridized carbons (Fsp3) is 0.727. The minimum absolute atomic E-state index is 0.0182. The van der Waals surface area contributed by atoms with Crippen LogP contribution in [0.3, 0.4) is 0 Å². The quantitative estimate of drug-likeness (QED) is 0.870. The number of nitrogens with zero attached hydrogens (tertiary/aromatic N) is 3. The van der Waals surface area contributed by atoms with E-state index in [1.807, 2.05) is 0 Å². The van der Waals surface area contributed by atoms with E-state index in [1.54, 1.807) is 0 Å². The van der Waals surface area contributed by atoms with Crippen LogP contribution in [0.4, 0.5) is 5.13 Å². The van der Waals surface area contributed by atoms with Crippen LogP contribution in [0.5, 0.6) is 0 Å². The smallest absolute Gasteiger partial charge is 0.240 e. The van der Waals surface area contributed by atoms with Crippen molar-refractivity contribution in [3.63, 3.8) is 0 Å². The number of carbonyl (C=O) groups excluding carboxylic acids is 1. The summed E-state index contributed by atoms with van der Waals surface area (Å²) in [5, 5.41) is 12.6. The van der Waals surface area contributed by atoms with Crippen molar-refractivity contribution in [2.45, 2.75) is 18.8 Å². The lowest BCUT2D eigenvalue weighted by Crippen LogP contribution is -2.41. The summed E-state index contributed by atoms with van der Waals surface area (Å²) in [6, 6.07) is 0. The largest absolute Gasteiger partial charge is 0.379 e. The van der Waals surface area contributed by atoms with Gasteiger partial charge >= 0.3 is 0 Å². The van der Waals surface area contributed by atoms with Gasteiger partial charge in [0.15, 0.2) is 0 Å². The average Bonchev–Trinajstić information content (AvgIpc) is 3.12. The molecule has 3 rings (SSSR count). The van der Waals surface area contributed by atoms with E-state index in [4.69, 9.17) is 4.74 Å². The molecule has 1 aliphatic heterocycles. The van der Waals surface area contributed by atoms with E-state index in [0.717, 1.165) is 18.1 Å². The monoisotopic (exact) mass is 268 g/mol. The molecule has 1 N–H and O–H groups in total. The number of amides is 1. The molecule has 0 atom stereocenters. The molecular weight excluding hydrogens is 252 g/mol. The van der Waals surface area contributed by atoms with Gasteiger partial charge in [0, 0.05) is 19.0 Å². The van der Waals surface area contributed by atoms with E-state index >= 15 is 0 Å². The number of morpholine rings is 1. The summed E-state index contributed by atoms with van der Waals surface area (Å²) in [5.41, 5.74) is 0. The van der Waals surface area contributed by atoms with Crippen molar-refractivity contribution in [2.24, 2.45) is 0 Å². The lowest BCUT2D eigenvalue weighted by molar-refractivity contribution is -0.118. The Labute approximate surface area is 109 Å². The van der Waals surface area contributed by atoms with Crippen LogP contribution >= 0.6 is 11.3 Å². The highest BCUT2D eigenvalue weighted by Gasteiger charge is 2.27. The molecule has 98 valence electrons. The number of hydrogen-bond acceptors (Lipinski definition) is 6. The predicted octanol–water partition coefficient (Wildman–Crippen LogP) is 0.686. The highest BCUT2D eigenvalue weighted by molar-refractivity contribution is 7.15. The molecule has 1 aliphatic carbocycles. The molecule has 0 radical (unpaired) electrons. The Hall–Kier alpha value is -1.05. The van der Waals surface area contributed by atoms with Crippen LogP contribution in [0.25, 0.3) is 0 Å². The molecule has 1 aromatic heterocycles. The van der Waals surface area contributed by atoms with Crippen LogP contribution in [0, 0.1) is 0 Å². The Morgan fingerprint density at radius 1 is 1.39 bits per heavy atom. The number of carbonyl (C=O) groups is 1. The predicted molar refractivity (Wildman–Crippen MR) is 67.8 cm³/mol. The molecule has 1 aromatic rings. The second-order valence-electron chi connectivity index (χ2n) is 4.66. The van der Waals surface area contributed by atoms with Crippen molar-refractivity contribution in [2.75, 3.05) is 38.2 Å². The Morgan fingerprint density at radius 3 is 2.89 bits per heavy atom. The second kappa shape index (κ2) is 5.29. The summed E-state index contributed by atoms with van der Waals surface area (Å²) in [6.07, 6.45) is 2.41. The number of nitrogens with one attached hydrogen (secondary N) is 1. The molecule has 0 unspecified atom stereocenters. The van der Waals surface area contributed by atoms with E-state index < -0.39 is 0 Å². The van der Waals surface area contributed by atoms with E-state index in [9.17, 15) is 4.79 Å². The zero-order valence-electron chi connectivity index (χ0n) is 10.1. The second-order valence-corrected chi connectivity index (χ2v) is 5.67. The molecular formula is C11H16N4O2S. The number of aromatic nitrogens is 2. The van der Waals surface area contributed by atoms with Crippen molar-refractivity contribution in [1.29, 1.82) is 0 Å². The van der Waals surface area contributed by atoms with Gasteiger partial charge in [-0.25, -0.2) is 0 Å². The number of ether oxygens (including phenoxy) is 1. The first-order valence-corrected chi connectivity index (χ1v) is 7.06. The molecule has 1 saturated carbocycles. The Kier molecular flexibility index (Phi) is 3.53. The summed E-state index contributed by atoms with van der Waals surface area (Å²) in [6.45, 7) is 3.45. The third kappa shape index (κ3) is 3.04. The van der Waals surface area contributed by atoms with E-state index in [-0.39, 0.29) is 5.91 Å². The zero-order valence-corrected chi connectivity index (χ0v) is 10.9. The minimum Gasteiger partial charge on any atom is -0.379 e. The summed E-state index contributed by atoms with van der Waals surface area (Å²) < 4.78 is 5.24. The molecule has 0 bridgehead atoms. The van der Waals surface area contributed by atoms with E-state index in [2.05, 4.69) is 20.4 Å². The summed E-state index contributed by atoms with van der Waals surface area (Å²) in [5.74, 6) is 0.572. The maximum absolute atomic E-state index is 11.8. The molecule has 0 aromatic carbocycles. The number of rotatable bonds is 4. The molecule has 0 spiro atoms. The fourth-order valence-electron chi connectivity index (χ4n) is 1.90. The normalized spacial score (nSPS) is 20.9. The number of anilines is 1. The van der Waals surface area contributed by atoms with Crippen molar-refractivity contribution in [3.05, 3.63) is 5.01 Å². The van der Waals surface area contributed by atoms with Gasteiger partial charge in [-0.1, -0.05) is 11.3 Å². The minimum atomic E-state index is -0.0182. The Bertz CT molecular complexity index is 426. The van der Waals surface area contributed by atoms with Gasteiger partial charge in [0.1, 0.15) is 5.01 Å². The van der Waals surface area contributed by atoms with Crippen molar-refractivity contribution >= 4 is 22.4 Å². The van der Waals surface area contributed by atoms with E-state index in [1.165, 1.54) is 24.2 Å². The topological polar surface area (TPSA) is 67.3 Å². The van der Waals surface area contributed by atoms with Gasteiger partial charge in [0.25, 0.3) is 0 Å². The van der Waals surface area contributed by atoms with Crippen molar-refractivity contribution in [1.82, 2.24) is 15.1 Å². The van der Waals surface area contributed by atoms with Crippen LogP contribution in [-0.4, -0.2) is 53.9 Å². The molecule has 6 nitrogen and oxygen atoms in total. The highest BCUT2D eigenvalue weighted by atomic mass is 32.1. The standard InChI is InChI=1S/C11H16N4O2S/c16-9(7-15-3-5-17-6-4-15)12-11-14-13-10(18-11)8-1-2-8/h8H,1-7H2,(H,12,14,16). The van der Waals surface area contributed by atoms with Gasteiger partial charge in [-0.15, -0.1) is 10.2 Å². The van der Waals surface area contributed by atoms with Gasteiger partial charge in [-0.3, -0.25) is 15.0 Å². The van der Waals surface area contributed by atoms with Gasteiger partial charge < -0.3 is 4.74 Å².